The molecule has 1 aromatic rings. The van der Waals surface area contributed by atoms with Gasteiger partial charge < -0.3 is 15.4 Å². The summed E-state index contributed by atoms with van der Waals surface area (Å²) in [6, 6.07) is 5.93. The van der Waals surface area contributed by atoms with Crippen LogP contribution in [0.1, 0.15) is 5.56 Å². The minimum atomic E-state index is 0.630. The molecule has 90 valence electrons. The van der Waals surface area contributed by atoms with Gasteiger partial charge in [0.15, 0.2) is 0 Å². The number of nitrogens with two attached hydrogens (primary N) is 1. The molecule has 0 saturated heterocycles. The summed E-state index contributed by atoms with van der Waals surface area (Å²) in [5.41, 5.74) is 7.84. The van der Waals surface area contributed by atoms with Crippen molar-refractivity contribution in [3.05, 3.63) is 28.8 Å². The number of halogens is 1. The van der Waals surface area contributed by atoms with E-state index >= 15 is 0 Å². The molecule has 0 spiro atoms. The number of para-hydroxylation sites is 1. The van der Waals surface area contributed by atoms with Crippen molar-refractivity contribution in [1.29, 1.82) is 0 Å². The van der Waals surface area contributed by atoms with E-state index in [0.717, 1.165) is 23.7 Å². The first-order chi connectivity index (χ1) is 7.70. The minimum absolute atomic E-state index is 0.630. The normalized spacial score (nSPS) is 10.5. The third-order valence-corrected chi connectivity index (χ3v) is 2.80. The summed E-state index contributed by atoms with van der Waals surface area (Å²) >= 11 is 6.22. The molecule has 0 fully saturated rings. The number of anilines is 1. The smallest absolute Gasteiger partial charge is 0.0642 e. The van der Waals surface area contributed by atoms with Gasteiger partial charge in [0.2, 0.25) is 0 Å². The van der Waals surface area contributed by atoms with Crippen molar-refractivity contribution in [2.24, 2.45) is 5.73 Å². The molecule has 16 heavy (non-hydrogen) atoms. The highest BCUT2D eigenvalue weighted by Gasteiger charge is 2.10. The Morgan fingerprint density at radius 2 is 2.19 bits per heavy atom. The van der Waals surface area contributed by atoms with Crippen LogP contribution in [0.25, 0.3) is 0 Å². The highest BCUT2D eigenvalue weighted by atomic mass is 35.5. The third-order valence-electron chi connectivity index (χ3n) is 2.50. The lowest BCUT2D eigenvalue weighted by Crippen LogP contribution is -2.24. The highest BCUT2D eigenvalue weighted by molar-refractivity contribution is 6.33. The lowest BCUT2D eigenvalue weighted by molar-refractivity contribution is 0.206. The van der Waals surface area contributed by atoms with Crippen LogP contribution in [0.3, 0.4) is 0 Å². The number of benzene rings is 1. The van der Waals surface area contributed by atoms with E-state index in [1.54, 1.807) is 7.11 Å². The van der Waals surface area contributed by atoms with Crippen molar-refractivity contribution in [2.75, 3.05) is 38.8 Å². The summed E-state index contributed by atoms with van der Waals surface area (Å²) in [5, 5.41) is 0.768. The number of likely N-dealkylation sites (N-methyl/N-ethyl adjacent to an activating group) is 1. The molecular formula is C12H19ClN2O. The maximum absolute atomic E-state index is 6.22. The molecule has 3 nitrogen and oxygen atoms in total. The van der Waals surface area contributed by atoms with Crippen LogP contribution in [0.5, 0.6) is 0 Å². The van der Waals surface area contributed by atoms with Crippen LogP contribution in [0.15, 0.2) is 18.2 Å². The van der Waals surface area contributed by atoms with Gasteiger partial charge in [0.1, 0.15) is 0 Å². The van der Waals surface area contributed by atoms with Gasteiger partial charge in [-0.15, -0.1) is 0 Å². The first-order valence-corrected chi connectivity index (χ1v) is 5.76. The van der Waals surface area contributed by atoms with Gasteiger partial charge in [-0.3, -0.25) is 0 Å². The van der Waals surface area contributed by atoms with Crippen molar-refractivity contribution in [1.82, 2.24) is 0 Å². The van der Waals surface area contributed by atoms with E-state index in [-0.39, 0.29) is 0 Å². The third kappa shape index (κ3) is 3.37. The molecule has 0 aliphatic rings. The zero-order chi connectivity index (χ0) is 12.0. The second-order valence-corrected chi connectivity index (χ2v) is 4.11. The molecule has 0 aromatic heterocycles. The largest absolute Gasteiger partial charge is 0.383 e. The van der Waals surface area contributed by atoms with Crippen molar-refractivity contribution in [3.8, 4) is 0 Å². The number of methoxy groups -OCH3 is 1. The summed E-state index contributed by atoms with van der Waals surface area (Å²) in [4.78, 5) is 2.11. The Morgan fingerprint density at radius 1 is 1.44 bits per heavy atom. The van der Waals surface area contributed by atoms with Gasteiger partial charge in [-0.1, -0.05) is 23.7 Å². The van der Waals surface area contributed by atoms with Crippen LogP contribution < -0.4 is 10.6 Å². The molecule has 0 aliphatic heterocycles. The molecular weight excluding hydrogens is 224 g/mol. The molecule has 0 aliphatic carbocycles. The standard InChI is InChI=1S/C12H19ClN2O/c1-15(8-9-16-2)12-10(6-7-14)4-3-5-11(12)13/h3-5H,6-9,14H2,1-2H3. The molecule has 0 bridgehead atoms. The van der Waals surface area contributed by atoms with Crippen LogP contribution in [-0.2, 0) is 11.2 Å². The van der Waals surface area contributed by atoms with Crippen molar-refractivity contribution < 1.29 is 4.74 Å². The van der Waals surface area contributed by atoms with Crippen molar-refractivity contribution in [2.45, 2.75) is 6.42 Å². The molecule has 2 N–H and O–H groups in total. The predicted octanol–water partition coefficient (Wildman–Crippen LogP) is 1.92. The van der Waals surface area contributed by atoms with Crippen molar-refractivity contribution >= 4 is 17.3 Å². The zero-order valence-corrected chi connectivity index (χ0v) is 10.6. The molecule has 0 saturated carbocycles. The lowest BCUT2D eigenvalue weighted by Gasteiger charge is -2.23. The number of ether oxygens (including phenoxy) is 1. The van der Waals surface area contributed by atoms with Gasteiger partial charge in [-0.05, 0) is 24.6 Å². The average molecular weight is 243 g/mol. The van der Waals surface area contributed by atoms with Gasteiger partial charge in [-0.25, -0.2) is 0 Å². The first kappa shape index (κ1) is 13.3. The molecule has 1 aromatic carbocycles. The van der Waals surface area contributed by atoms with Gasteiger partial charge in [-0.2, -0.15) is 0 Å². The fraction of sp³-hybridized carbons (Fsp3) is 0.500. The van der Waals surface area contributed by atoms with E-state index in [9.17, 15) is 0 Å². The maximum atomic E-state index is 6.22. The SMILES string of the molecule is COCCN(C)c1c(Cl)cccc1CCN. The first-order valence-electron chi connectivity index (χ1n) is 5.38. The molecule has 1 rings (SSSR count). The number of nitrogens with zero attached hydrogens (tertiary/aromatic N) is 1. The number of rotatable bonds is 6. The molecule has 4 heteroatoms. The molecule has 0 radical (unpaired) electrons. The molecule has 0 atom stereocenters. The number of hydrogen-bond acceptors (Lipinski definition) is 3. The zero-order valence-electron chi connectivity index (χ0n) is 9.87. The summed E-state index contributed by atoms with van der Waals surface area (Å²) in [6.07, 6.45) is 0.840. The Morgan fingerprint density at radius 3 is 2.81 bits per heavy atom. The summed E-state index contributed by atoms with van der Waals surface area (Å²) < 4.78 is 5.06. The number of hydrogen-bond donors (Lipinski definition) is 1. The Balaban J connectivity index is 2.90. The Labute approximate surface area is 102 Å². The summed E-state index contributed by atoms with van der Waals surface area (Å²) in [5.74, 6) is 0. The monoisotopic (exact) mass is 242 g/mol. The van der Waals surface area contributed by atoms with E-state index in [4.69, 9.17) is 22.1 Å². The van der Waals surface area contributed by atoms with Crippen LogP contribution >= 0.6 is 11.6 Å². The topological polar surface area (TPSA) is 38.5 Å². The lowest BCUT2D eigenvalue weighted by atomic mass is 10.1. The van der Waals surface area contributed by atoms with E-state index in [1.165, 1.54) is 5.56 Å². The Kier molecular flexibility index (Phi) is 5.60. The quantitative estimate of drug-likeness (QED) is 0.829. The van der Waals surface area contributed by atoms with Crippen LogP contribution in [-0.4, -0.2) is 33.9 Å². The van der Waals surface area contributed by atoms with E-state index in [2.05, 4.69) is 11.0 Å². The van der Waals surface area contributed by atoms with Gasteiger partial charge in [0.25, 0.3) is 0 Å². The minimum Gasteiger partial charge on any atom is -0.383 e. The second kappa shape index (κ2) is 6.74. The van der Waals surface area contributed by atoms with E-state index < -0.39 is 0 Å². The van der Waals surface area contributed by atoms with E-state index in [0.29, 0.717) is 13.2 Å². The van der Waals surface area contributed by atoms with Crippen molar-refractivity contribution in [3.63, 3.8) is 0 Å². The Hall–Kier alpha value is -0.770. The van der Waals surface area contributed by atoms with Gasteiger partial charge in [0.05, 0.1) is 17.3 Å². The average Bonchev–Trinajstić information content (AvgIpc) is 2.26. The molecule has 0 heterocycles. The van der Waals surface area contributed by atoms with Gasteiger partial charge >= 0.3 is 0 Å². The van der Waals surface area contributed by atoms with E-state index in [1.807, 2.05) is 19.2 Å². The fourth-order valence-corrected chi connectivity index (χ4v) is 2.02. The van der Waals surface area contributed by atoms with Gasteiger partial charge in [0, 0.05) is 20.7 Å². The predicted molar refractivity (Wildman–Crippen MR) is 69.4 cm³/mol. The Bertz CT molecular complexity index is 331. The molecule has 0 amide bonds. The highest BCUT2D eigenvalue weighted by Crippen LogP contribution is 2.29. The maximum Gasteiger partial charge on any atom is 0.0642 e. The van der Waals surface area contributed by atoms with Crippen LogP contribution in [0.2, 0.25) is 5.02 Å². The second-order valence-electron chi connectivity index (χ2n) is 3.70. The summed E-state index contributed by atoms with van der Waals surface area (Å²) in [6.45, 7) is 2.13. The molecule has 0 unspecified atom stereocenters. The van der Waals surface area contributed by atoms with Crippen LogP contribution in [0.4, 0.5) is 5.69 Å². The summed E-state index contributed by atoms with van der Waals surface area (Å²) in [7, 11) is 3.71. The van der Waals surface area contributed by atoms with Crippen LogP contribution in [0, 0.1) is 0 Å². The fourth-order valence-electron chi connectivity index (χ4n) is 1.68.